The smallest absolute Gasteiger partial charge is 0.267 e. The van der Waals surface area contributed by atoms with Gasteiger partial charge in [0.2, 0.25) is 0 Å². The van der Waals surface area contributed by atoms with E-state index in [0.29, 0.717) is 22.3 Å². The van der Waals surface area contributed by atoms with Gasteiger partial charge in [-0.1, -0.05) is 121 Å². The van der Waals surface area contributed by atoms with Crippen molar-refractivity contribution in [2.45, 2.75) is 27.7 Å². The summed E-state index contributed by atoms with van der Waals surface area (Å²) in [4.78, 5) is 62.4. The van der Waals surface area contributed by atoms with Crippen LogP contribution in [0.1, 0.15) is 91.4 Å². The Bertz CT molecular complexity index is 2620. The van der Waals surface area contributed by atoms with Gasteiger partial charge in [0.05, 0.1) is 22.8 Å². The van der Waals surface area contributed by atoms with Crippen LogP contribution < -0.4 is 21.7 Å². The van der Waals surface area contributed by atoms with E-state index in [2.05, 4.69) is 62.0 Å². The quantitative estimate of drug-likeness (QED) is 0.0683. The summed E-state index contributed by atoms with van der Waals surface area (Å²) in [6.45, 7) is 7.40. The number of carbonyl (C=O) groups is 4. The van der Waals surface area contributed by atoms with E-state index in [0.717, 1.165) is 45.1 Å². The van der Waals surface area contributed by atoms with Crippen LogP contribution >= 0.6 is 0 Å². The van der Waals surface area contributed by atoms with Crippen molar-refractivity contribution in [3.63, 3.8) is 0 Å². The van der Waals surface area contributed by atoms with Crippen LogP contribution in [0.2, 0.25) is 0 Å². The van der Waals surface area contributed by atoms with Crippen LogP contribution in [0.4, 0.5) is 0 Å². The second kappa shape index (κ2) is 29.7. The standard InChI is InChI=1S/4C14H13N3O/c4*1-11(12-5-3-2-4-6-12)16-17-14(18)13-7-9-15-10-8-13/h4*2-10H,1H3,(H,17,18)/b4*16-11+. The third-order valence-electron chi connectivity index (χ3n) is 9.84. The van der Waals surface area contributed by atoms with Gasteiger partial charge < -0.3 is 0 Å². The average molecular weight is 957 g/mol. The molecule has 0 aliphatic heterocycles. The number of rotatable bonds is 12. The van der Waals surface area contributed by atoms with Gasteiger partial charge in [-0.2, -0.15) is 20.4 Å². The zero-order valence-corrected chi connectivity index (χ0v) is 40.0. The first kappa shape index (κ1) is 53.0. The van der Waals surface area contributed by atoms with Gasteiger partial charge in [-0.3, -0.25) is 39.1 Å². The molecule has 16 heteroatoms. The molecule has 360 valence electrons. The number of hydrogen-bond donors (Lipinski definition) is 4. The molecule has 0 saturated heterocycles. The number of aromatic nitrogens is 4. The highest BCUT2D eigenvalue weighted by Crippen LogP contribution is 2.05. The van der Waals surface area contributed by atoms with Gasteiger partial charge in [0.25, 0.3) is 23.6 Å². The number of benzene rings is 4. The molecule has 0 unspecified atom stereocenters. The summed E-state index contributed by atoms with van der Waals surface area (Å²) < 4.78 is 0. The van der Waals surface area contributed by atoms with E-state index in [-0.39, 0.29) is 23.6 Å². The number of hydrazone groups is 4. The Morgan fingerprint density at radius 1 is 0.264 bits per heavy atom. The molecular formula is C56H52N12O4. The van der Waals surface area contributed by atoms with Gasteiger partial charge in [-0.05, 0) is 98.5 Å². The molecule has 0 aliphatic rings. The largest absolute Gasteiger partial charge is 0.271 e. The van der Waals surface area contributed by atoms with Gasteiger partial charge in [0, 0.05) is 71.8 Å². The SMILES string of the molecule is C/C(=N\NC(=O)c1ccncc1)c1ccccc1.C/C(=N\NC(=O)c1ccncc1)c1ccccc1.C/C(=N\NC(=O)c1ccncc1)c1ccccc1.C/C(=N\NC(=O)c1ccncc1)c1ccccc1. The van der Waals surface area contributed by atoms with Crippen molar-refractivity contribution in [3.8, 4) is 0 Å². The minimum atomic E-state index is -0.243. The number of nitrogens with zero attached hydrogens (tertiary/aromatic N) is 8. The topological polar surface area (TPSA) is 217 Å². The Labute approximate surface area is 417 Å². The summed E-state index contributed by atoms with van der Waals surface area (Å²) in [6, 6.07) is 51.9. The van der Waals surface area contributed by atoms with Gasteiger partial charge in [0.15, 0.2) is 0 Å². The Hall–Kier alpha value is -9.96. The lowest BCUT2D eigenvalue weighted by Gasteiger charge is -2.02. The highest BCUT2D eigenvalue weighted by atomic mass is 16.2. The van der Waals surface area contributed by atoms with Crippen molar-refractivity contribution in [2.24, 2.45) is 20.4 Å². The fraction of sp³-hybridized carbons (Fsp3) is 0.0714. The lowest BCUT2D eigenvalue weighted by Crippen LogP contribution is -2.19. The second-order valence-electron chi connectivity index (χ2n) is 15.0. The summed E-state index contributed by atoms with van der Waals surface area (Å²) >= 11 is 0. The number of amides is 4. The third kappa shape index (κ3) is 18.6. The molecule has 0 radical (unpaired) electrons. The predicted octanol–water partition coefficient (Wildman–Crippen LogP) is 8.94. The van der Waals surface area contributed by atoms with E-state index in [1.165, 1.54) is 0 Å². The molecule has 16 nitrogen and oxygen atoms in total. The van der Waals surface area contributed by atoms with Gasteiger partial charge in [-0.15, -0.1) is 0 Å². The van der Waals surface area contributed by atoms with E-state index in [9.17, 15) is 19.2 Å². The minimum Gasteiger partial charge on any atom is -0.267 e. The number of carbonyl (C=O) groups excluding carboxylic acids is 4. The zero-order chi connectivity index (χ0) is 51.2. The zero-order valence-electron chi connectivity index (χ0n) is 40.0. The second-order valence-corrected chi connectivity index (χ2v) is 15.0. The van der Waals surface area contributed by atoms with Crippen LogP contribution in [0, 0.1) is 0 Å². The summed E-state index contributed by atoms with van der Waals surface area (Å²) in [5.41, 5.74) is 19.2. The average Bonchev–Trinajstić information content (AvgIpc) is 3.46. The number of hydrogen-bond acceptors (Lipinski definition) is 12. The molecule has 72 heavy (non-hydrogen) atoms. The highest BCUT2D eigenvalue weighted by Gasteiger charge is 2.07. The molecule has 8 aromatic rings. The maximum absolute atomic E-state index is 11.7. The predicted molar refractivity (Wildman–Crippen MR) is 281 cm³/mol. The molecule has 4 heterocycles. The lowest BCUT2D eigenvalue weighted by molar-refractivity contribution is 0.0946. The van der Waals surface area contributed by atoms with Crippen LogP contribution in [-0.2, 0) is 0 Å². The van der Waals surface area contributed by atoms with Crippen LogP contribution in [0.15, 0.2) is 240 Å². The van der Waals surface area contributed by atoms with Crippen molar-refractivity contribution in [1.82, 2.24) is 41.6 Å². The van der Waals surface area contributed by atoms with E-state index >= 15 is 0 Å². The number of nitrogens with one attached hydrogen (secondary N) is 4. The van der Waals surface area contributed by atoms with E-state index < -0.39 is 0 Å². The van der Waals surface area contributed by atoms with Crippen molar-refractivity contribution in [3.05, 3.63) is 264 Å². The molecule has 4 aromatic carbocycles. The molecule has 0 aliphatic carbocycles. The van der Waals surface area contributed by atoms with Crippen molar-refractivity contribution < 1.29 is 19.2 Å². The molecule has 8 rings (SSSR count). The number of pyridine rings is 4. The van der Waals surface area contributed by atoms with Crippen LogP contribution in [0.5, 0.6) is 0 Å². The third-order valence-corrected chi connectivity index (χ3v) is 9.84. The molecule has 4 amide bonds. The Morgan fingerprint density at radius 2 is 0.431 bits per heavy atom. The molecule has 0 atom stereocenters. The molecule has 4 aromatic heterocycles. The monoisotopic (exact) mass is 956 g/mol. The Balaban J connectivity index is 0.000000178. The first-order valence-corrected chi connectivity index (χ1v) is 22.3. The van der Waals surface area contributed by atoms with Gasteiger partial charge >= 0.3 is 0 Å². The lowest BCUT2D eigenvalue weighted by atomic mass is 10.1. The van der Waals surface area contributed by atoms with Crippen LogP contribution in [0.3, 0.4) is 0 Å². The van der Waals surface area contributed by atoms with Gasteiger partial charge in [0.1, 0.15) is 0 Å². The van der Waals surface area contributed by atoms with Crippen molar-refractivity contribution >= 4 is 46.5 Å². The molecular weight excluding hydrogens is 905 g/mol. The molecule has 0 saturated carbocycles. The summed E-state index contributed by atoms with van der Waals surface area (Å²) in [5, 5.41) is 16.3. The van der Waals surface area contributed by atoms with Crippen LogP contribution in [-0.4, -0.2) is 66.4 Å². The van der Waals surface area contributed by atoms with E-state index in [1.54, 1.807) is 98.1 Å². The highest BCUT2D eigenvalue weighted by molar-refractivity contribution is 6.03. The fourth-order valence-electron chi connectivity index (χ4n) is 5.79. The van der Waals surface area contributed by atoms with E-state index in [1.807, 2.05) is 149 Å². The maximum Gasteiger partial charge on any atom is 0.271 e. The molecule has 0 spiro atoms. The Morgan fingerprint density at radius 3 is 0.597 bits per heavy atom. The van der Waals surface area contributed by atoms with Crippen molar-refractivity contribution in [2.75, 3.05) is 0 Å². The molecule has 0 bridgehead atoms. The van der Waals surface area contributed by atoms with Crippen LogP contribution in [0.25, 0.3) is 0 Å². The Kier molecular flexibility index (Phi) is 21.9. The molecule has 4 N–H and O–H groups in total. The molecule has 0 fully saturated rings. The fourth-order valence-corrected chi connectivity index (χ4v) is 5.79. The first-order valence-electron chi connectivity index (χ1n) is 22.3. The summed E-state index contributed by atoms with van der Waals surface area (Å²) in [6.07, 6.45) is 12.6. The summed E-state index contributed by atoms with van der Waals surface area (Å²) in [7, 11) is 0. The minimum absolute atomic E-state index is 0.243. The van der Waals surface area contributed by atoms with Gasteiger partial charge in [-0.25, -0.2) is 21.7 Å². The maximum atomic E-state index is 11.7. The van der Waals surface area contributed by atoms with Crippen molar-refractivity contribution in [1.29, 1.82) is 0 Å². The first-order chi connectivity index (χ1) is 35.1. The normalized spacial score (nSPS) is 11.1. The summed E-state index contributed by atoms with van der Waals surface area (Å²) in [5.74, 6) is -0.972. The van der Waals surface area contributed by atoms with E-state index in [4.69, 9.17) is 0 Å².